The molecule has 0 bridgehead atoms. The predicted octanol–water partition coefficient (Wildman–Crippen LogP) is 0.0530. The molecule has 1 amide bonds. The number of methoxy groups -OCH3 is 2. The van der Waals surface area contributed by atoms with Crippen LogP contribution in [0.4, 0.5) is 0 Å². The maximum atomic E-state index is 12.0. The van der Waals surface area contributed by atoms with Gasteiger partial charge in [0.25, 0.3) is 5.91 Å². The van der Waals surface area contributed by atoms with Crippen LogP contribution in [0.5, 0.6) is 11.5 Å². The van der Waals surface area contributed by atoms with Crippen molar-refractivity contribution in [2.75, 3.05) is 28.3 Å². The lowest BCUT2D eigenvalue weighted by Gasteiger charge is -2.16. The minimum atomic E-state index is -4.00. The summed E-state index contributed by atoms with van der Waals surface area (Å²) in [6, 6.07) is 2.46. The van der Waals surface area contributed by atoms with Gasteiger partial charge in [-0.3, -0.25) is 4.79 Å². The second-order valence-electron chi connectivity index (χ2n) is 3.95. The minimum absolute atomic E-state index is 0.0228. The van der Waals surface area contributed by atoms with Crippen LogP contribution in [-0.4, -0.2) is 47.5 Å². The van der Waals surface area contributed by atoms with Crippen LogP contribution in [0, 0.1) is 0 Å². The third-order valence-electron chi connectivity index (χ3n) is 2.43. The number of carbonyl (C=O) groups excluding carboxylic acids is 1. The Morgan fingerprint density at radius 3 is 2.05 bits per heavy atom. The number of nitrogens with two attached hydrogens (primary N) is 1. The summed E-state index contributed by atoms with van der Waals surface area (Å²) in [5.41, 5.74) is 0.0947. The Hall–Kier alpha value is -1.80. The van der Waals surface area contributed by atoms with E-state index in [0.29, 0.717) is 0 Å². The van der Waals surface area contributed by atoms with Gasteiger partial charge < -0.3 is 14.4 Å². The molecule has 0 radical (unpaired) electrons. The first-order chi connectivity index (χ1) is 8.72. The second kappa shape index (κ2) is 5.45. The van der Waals surface area contributed by atoms with Crippen LogP contribution < -0.4 is 14.6 Å². The molecular formula is C11H16N2O5S. The van der Waals surface area contributed by atoms with E-state index in [9.17, 15) is 13.2 Å². The molecule has 2 N–H and O–H groups in total. The van der Waals surface area contributed by atoms with Crippen molar-refractivity contribution in [3.05, 3.63) is 17.7 Å². The van der Waals surface area contributed by atoms with E-state index in [-0.39, 0.29) is 22.0 Å². The molecule has 1 aromatic rings. The normalized spacial score (nSPS) is 11.0. The van der Waals surface area contributed by atoms with Gasteiger partial charge in [0.05, 0.1) is 19.8 Å². The third kappa shape index (κ3) is 3.15. The first-order valence-electron chi connectivity index (χ1n) is 5.22. The Labute approximate surface area is 112 Å². The third-order valence-corrected chi connectivity index (χ3v) is 3.36. The molecule has 0 aliphatic heterocycles. The summed E-state index contributed by atoms with van der Waals surface area (Å²) >= 11 is 0. The van der Waals surface area contributed by atoms with E-state index in [1.54, 1.807) is 14.1 Å². The molecular weight excluding hydrogens is 272 g/mol. The van der Waals surface area contributed by atoms with Crippen LogP contribution in [0.2, 0.25) is 0 Å². The van der Waals surface area contributed by atoms with E-state index in [1.165, 1.54) is 25.2 Å². The van der Waals surface area contributed by atoms with Crippen molar-refractivity contribution in [1.29, 1.82) is 0 Å². The molecule has 8 heteroatoms. The number of nitrogens with zero attached hydrogens (tertiary/aromatic N) is 1. The van der Waals surface area contributed by atoms with Gasteiger partial charge in [-0.1, -0.05) is 0 Å². The van der Waals surface area contributed by atoms with Crippen LogP contribution >= 0.6 is 0 Å². The highest BCUT2D eigenvalue weighted by Crippen LogP contribution is 2.32. The van der Waals surface area contributed by atoms with Crippen molar-refractivity contribution in [3.63, 3.8) is 0 Å². The van der Waals surface area contributed by atoms with Crippen molar-refractivity contribution in [2.24, 2.45) is 5.14 Å². The van der Waals surface area contributed by atoms with Crippen LogP contribution in [0.15, 0.2) is 17.0 Å². The summed E-state index contributed by atoms with van der Waals surface area (Å²) in [7, 11) is 1.76. The number of amides is 1. The average molecular weight is 288 g/mol. The van der Waals surface area contributed by atoms with Crippen LogP contribution in [-0.2, 0) is 10.0 Å². The smallest absolute Gasteiger partial charge is 0.257 e. The minimum Gasteiger partial charge on any atom is -0.496 e. The molecule has 0 aromatic heterocycles. The highest BCUT2D eigenvalue weighted by molar-refractivity contribution is 7.89. The van der Waals surface area contributed by atoms with Crippen molar-refractivity contribution in [3.8, 4) is 11.5 Å². The van der Waals surface area contributed by atoms with Crippen molar-refractivity contribution < 1.29 is 22.7 Å². The number of hydrogen-bond donors (Lipinski definition) is 1. The number of benzene rings is 1. The summed E-state index contributed by atoms with van der Waals surface area (Å²) in [4.78, 5) is 13.0. The molecule has 0 saturated heterocycles. The fourth-order valence-electron chi connectivity index (χ4n) is 1.50. The molecule has 0 aliphatic rings. The number of carbonyl (C=O) groups is 1. The molecule has 0 saturated carbocycles. The number of sulfonamides is 1. The Balaban J connectivity index is 3.60. The fraction of sp³-hybridized carbons (Fsp3) is 0.364. The van der Waals surface area contributed by atoms with Gasteiger partial charge in [-0.25, -0.2) is 13.6 Å². The monoisotopic (exact) mass is 288 g/mol. The van der Waals surface area contributed by atoms with Crippen molar-refractivity contribution in [1.82, 2.24) is 4.90 Å². The fourth-order valence-corrected chi connectivity index (χ4v) is 2.20. The van der Waals surface area contributed by atoms with Crippen molar-refractivity contribution in [2.45, 2.75) is 4.90 Å². The van der Waals surface area contributed by atoms with Gasteiger partial charge in [0.2, 0.25) is 10.0 Å². The lowest BCUT2D eigenvalue weighted by atomic mass is 10.1. The maximum Gasteiger partial charge on any atom is 0.257 e. The molecule has 19 heavy (non-hydrogen) atoms. The summed E-state index contributed by atoms with van der Waals surface area (Å²) in [5.74, 6) is -0.165. The molecule has 1 rings (SSSR count). The van der Waals surface area contributed by atoms with E-state index in [1.807, 2.05) is 0 Å². The van der Waals surface area contributed by atoms with E-state index < -0.39 is 15.9 Å². The summed E-state index contributed by atoms with van der Waals surface area (Å²) in [5, 5.41) is 5.10. The Morgan fingerprint density at radius 1 is 1.16 bits per heavy atom. The standard InChI is InChI=1S/C11H16N2O5S/c1-13(2)11(14)7-5-10(19(12,15)16)9(18-4)6-8(7)17-3/h5-6H,1-4H3,(H2,12,15,16). The van der Waals surface area contributed by atoms with E-state index in [0.717, 1.165) is 6.07 Å². The summed E-state index contributed by atoms with van der Waals surface area (Å²) in [6.45, 7) is 0. The van der Waals surface area contributed by atoms with Gasteiger partial charge in [-0.05, 0) is 6.07 Å². The van der Waals surface area contributed by atoms with Gasteiger partial charge >= 0.3 is 0 Å². The zero-order chi connectivity index (χ0) is 14.8. The molecule has 0 aliphatic carbocycles. The Kier molecular flexibility index (Phi) is 4.38. The second-order valence-corrected chi connectivity index (χ2v) is 5.48. The lowest BCUT2D eigenvalue weighted by Crippen LogP contribution is -2.23. The maximum absolute atomic E-state index is 12.0. The topological polar surface area (TPSA) is 98.9 Å². The lowest BCUT2D eigenvalue weighted by molar-refractivity contribution is 0.0824. The highest BCUT2D eigenvalue weighted by atomic mass is 32.2. The van der Waals surface area contributed by atoms with Gasteiger partial charge in [-0.15, -0.1) is 0 Å². The van der Waals surface area contributed by atoms with Crippen molar-refractivity contribution >= 4 is 15.9 Å². The largest absolute Gasteiger partial charge is 0.496 e. The SMILES string of the molecule is COc1cc(OC)c(S(N)(=O)=O)cc1C(=O)N(C)C. The van der Waals surface area contributed by atoms with E-state index in [4.69, 9.17) is 14.6 Å². The number of rotatable bonds is 4. The molecule has 106 valence electrons. The average Bonchev–Trinajstić information content (AvgIpc) is 2.34. The predicted molar refractivity (Wildman–Crippen MR) is 68.9 cm³/mol. The van der Waals surface area contributed by atoms with E-state index >= 15 is 0 Å². The summed E-state index contributed by atoms with van der Waals surface area (Å²) < 4.78 is 33.0. The summed E-state index contributed by atoms with van der Waals surface area (Å²) in [6.07, 6.45) is 0. The van der Waals surface area contributed by atoms with Crippen LogP contribution in [0.25, 0.3) is 0 Å². The van der Waals surface area contributed by atoms with E-state index in [2.05, 4.69) is 0 Å². The molecule has 0 spiro atoms. The molecule has 0 fully saturated rings. The molecule has 0 heterocycles. The molecule has 0 atom stereocenters. The first-order valence-corrected chi connectivity index (χ1v) is 6.77. The number of primary sulfonamides is 1. The van der Waals surface area contributed by atoms with Gasteiger partial charge in [0.15, 0.2) is 0 Å². The zero-order valence-corrected chi connectivity index (χ0v) is 11.9. The van der Waals surface area contributed by atoms with Gasteiger partial charge in [-0.2, -0.15) is 0 Å². The highest BCUT2D eigenvalue weighted by Gasteiger charge is 2.23. The quantitative estimate of drug-likeness (QED) is 0.844. The zero-order valence-electron chi connectivity index (χ0n) is 11.1. The van der Waals surface area contributed by atoms with Gasteiger partial charge in [0, 0.05) is 20.2 Å². The Morgan fingerprint density at radius 2 is 1.68 bits per heavy atom. The molecule has 7 nitrogen and oxygen atoms in total. The van der Waals surface area contributed by atoms with Gasteiger partial charge in [0.1, 0.15) is 16.4 Å². The van der Waals surface area contributed by atoms with Crippen LogP contribution in [0.3, 0.4) is 0 Å². The molecule has 0 unspecified atom stereocenters. The molecule has 1 aromatic carbocycles. The Bertz CT molecular complexity index is 595. The van der Waals surface area contributed by atoms with Crippen LogP contribution in [0.1, 0.15) is 10.4 Å². The first kappa shape index (κ1) is 15.3. The number of ether oxygens (including phenoxy) is 2. The number of hydrogen-bond acceptors (Lipinski definition) is 5.